The molecule has 1 aromatic carbocycles. The predicted octanol–water partition coefficient (Wildman–Crippen LogP) is 6.81. The Hall–Kier alpha value is -2.62. The number of nitrogens with zero attached hydrogens (tertiary/aromatic N) is 2. The molecule has 244 valence electrons. The second-order valence-electron chi connectivity index (χ2n) is 10.9. The van der Waals surface area contributed by atoms with Gasteiger partial charge < -0.3 is 15.2 Å². The zero-order chi connectivity index (χ0) is 32.8. The van der Waals surface area contributed by atoms with Gasteiger partial charge in [0.15, 0.2) is 0 Å². The van der Waals surface area contributed by atoms with E-state index < -0.39 is 76.8 Å². The number of alkyl halides is 8. The van der Waals surface area contributed by atoms with Crippen LogP contribution in [-0.4, -0.2) is 63.0 Å². The van der Waals surface area contributed by atoms with Crippen LogP contribution in [-0.2, 0) is 22.1 Å². The average molecular weight is 650 g/mol. The third-order valence-electron chi connectivity index (χ3n) is 7.19. The highest BCUT2D eigenvalue weighted by molar-refractivity contribution is 7.91. The first-order chi connectivity index (χ1) is 19.7. The minimum absolute atomic E-state index is 0.173. The van der Waals surface area contributed by atoms with E-state index in [0.717, 1.165) is 31.4 Å². The summed E-state index contributed by atoms with van der Waals surface area (Å²) >= 11 is -1.48. The van der Waals surface area contributed by atoms with Crippen LogP contribution < -0.4 is 10.6 Å². The summed E-state index contributed by atoms with van der Waals surface area (Å²) in [7, 11) is 0. The number of hydrogen-bond acceptors (Lipinski definition) is 4. The number of hydrogen-bond donors (Lipinski definition) is 1. The van der Waals surface area contributed by atoms with E-state index in [2.05, 4.69) is 0 Å². The molecule has 2 rings (SSSR count). The molecular weight excluding hydrogens is 614 g/mol. The van der Waals surface area contributed by atoms with Gasteiger partial charge in [-0.2, -0.15) is 35.1 Å². The summed E-state index contributed by atoms with van der Waals surface area (Å²) in [6.45, 7) is 3.15. The van der Waals surface area contributed by atoms with Gasteiger partial charge in [-0.15, -0.1) is 0 Å². The molecule has 2 N–H and O–H groups in total. The standard InChI is InChI=1S/C27H35F8N3O4S/c1-24(2)22(40)38(18-11-12-19(21(36)39)20(17-18)26(30,31)32)23(41)37(24)14-8-6-4-3-5-7-9-15-43(42)16-10-13-25(28,29)27(33,34)35/h11-12,17H,3-10,13-16H2,1-2H3,(H2,36,39). The lowest BCUT2D eigenvalue weighted by Crippen LogP contribution is -2.44. The van der Waals surface area contributed by atoms with E-state index in [4.69, 9.17) is 5.73 Å². The summed E-state index contributed by atoms with van der Waals surface area (Å²) < 4.78 is 115. The van der Waals surface area contributed by atoms with Crippen molar-refractivity contribution in [1.29, 1.82) is 0 Å². The monoisotopic (exact) mass is 649 g/mol. The van der Waals surface area contributed by atoms with Crippen molar-refractivity contribution in [2.75, 3.05) is 23.0 Å². The Kier molecular flexibility index (Phi) is 12.3. The van der Waals surface area contributed by atoms with Crippen LogP contribution >= 0.6 is 0 Å². The maximum atomic E-state index is 13.5. The van der Waals surface area contributed by atoms with Gasteiger partial charge in [0.2, 0.25) is 5.91 Å². The van der Waals surface area contributed by atoms with Gasteiger partial charge in [-0.1, -0.05) is 36.9 Å². The van der Waals surface area contributed by atoms with Gasteiger partial charge in [-0.3, -0.25) is 9.59 Å². The molecule has 0 saturated carbocycles. The molecule has 1 atom stereocenters. The van der Waals surface area contributed by atoms with Crippen molar-refractivity contribution in [1.82, 2.24) is 4.90 Å². The van der Waals surface area contributed by atoms with Crippen LogP contribution in [0.4, 0.5) is 45.6 Å². The van der Waals surface area contributed by atoms with Crippen LogP contribution in [0.25, 0.3) is 0 Å². The number of anilines is 1. The molecule has 1 saturated heterocycles. The molecule has 1 aromatic rings. The molecule has 1 heterocycles. The number of rotatable bonds is 16. The van der Waals surface area contributed by atoms with Gasteiger partial charge in [-0.05, 0) is 57.7 Å². The quantitative estimate of drug-likeness (QED) is 0.0919. The zero-order valence-corrected chi connectivity index (χ0v) is 24.6. The molecule has 43 heavy (non-hydrogen) atoms. The topological polar surface area (TPSA) is 107 Å². The molecule has 16 heteroatoms. The van der Waals surface area contributed by atoms with E-state index in [1.807, 2.05) is 0 Å². The number of primary amides is 1. The third kappa shape index (κ3) is 9.43. The fraction of sp³-hybridized carbons (Fsp3) is 0.667. The number of nitrogens with two attached hydrogens (primary N) is 1. The first kappa shape index (κ1) is 36.6. The Morgan fingerprint density at radius 3 is 1.95 bits per heavy atom. The zero-order valence-electron chi connectivity index (χ0n) is 23.8. The molecule has 0 aliphatic carbocycles. The highest BCUT2D eigenvalue weighted by Crippen LogP contribution is 2.39. The number of benzene rings is 1. The van der Waals surface area contributed by atoms with Gasteiger partial charge in [0.05, 0.1) is 16.8 Å². The minimum Gasteiger partial charge on any atom is -0.616 e. The van der Waals surface area contributed by atoms with E-state index in [-0.39, 0.29) is 23.7 Å². The number of urea groups is 1. The second kappa shape index (κ2) is 14.4. The SMILES string of the molecule is CC1(C)C(=O)N(c2ccc(C(N)=O)c(C(F)(F)F)c2)C(=O)N1CCCCCCCCC[S+]([O-])CCCC(F)(F)C(F)(F)F. The Morgan fingerprint density at radius 2 is 1.42 bits per heavy atom. The third-order valence-corrected chi connectivity index (χ3v) is 8.67. The largest absolute Gasteiger partial charge is 0.616 e. The van der Waals surface area contributed by atoms with E-state index in [0.29, 0.717) is 36.6 Å². The number of halogens is 8. The minimum atomic E-state index is -5.61. The van der Waals surface area contributed by atoms with Gasteiger partial charge in [0.1, 0.15) is 17.0 Å². The summed E-state index contributed by atoms with van der Waals surface area (Å²) in [5, 5.41) is 0. The molecular formula is C27H35F8N3O4S. The molecule has 4 amide bonds. The number of carbonyl (C=O) groups excluding carboxylic acids is 3. The fourth-order valence-electron chi connectivity index (χ4n) is 4.68. The van der Waals surface area contributed by atoms with Crippen molar-refractivity contribution in [3.63, 3.8) is 0 Å². The van der Waals surface area contributed by atoms with Crippen LogP contribution in [0, 0.1) is 0 Å². The second-order valence-corrected chi connectivity index (χ2v) is 12.6. The maximum Gasteiger partial charge on any atom is 0.453 e. The van der Waals surface area contributed by atoms with Gasteiger partial charge in [0, 0.05) is 13.0 Å². The van der Waals surface area contributed by atoms with E-state index >= 15 is 0 Å². The molecule has 0 bridgehead atoms. The van der Waals surface area contributed by atoms with E-state index in [9.17, 15) is 54.1 Å². The van der Waals surface area contributed by atoms with E-state index in [1.165, 1.54) is 18.7 Å². The highest BCUT2D eigenvalue weighted by Gasteiger charge is 2.56. The van der Waals surface area contributed by atoms with Crippen LogP contribution in [0.3, 0.4) is 0 Å². The van der Waals surface area contributed by atoms with Crippen LogP contribution in [0.1, 0.15) is 87.6 Å². The average Bonchev–Trinajstić information content (AvgIpc) is 3.04. The van der Waals surface area contributed by atoms with Crippen LogP contribution in [0.5, 0.6) is 0 Å². The van der Waals surface area contributed by atoms with Gasteiger partial charge in [0.25, 0.3) is 5.91 Å². The van der Waals surface area contributed by atoms with Crippen molar-refractivity contribution < 1.29 is 54.1 Å². The molecule has 1 aliphatic rings. The maximum absolute atomic E-state index is 13.5. The predicted molar refractivity (Wildman–Crippen MR) is 144 cm³/mol. The Labute approximate surface area is 247 Å². The smallest absolute Gasteiger partial charge is 0.453 e. The Bertz CT molecular complexity index is 1140. The molecule has 1 aliphatic heterocycles. The molecule has 0 radical (unpaired) electrons. The summed E-state index contributed by atoms with van der Waals surface area (Å²) in [5.74, 6) is -6.82. The van der Waals surface area contributed by atoms with Crippen molar-refractivity contribution >= 4 is 34.7 Å². The molecule has 1 unspecified atom stereocenters. The van der Waals surface area contributed by atoms with Crippen molar-refractivity contribution in [2.45, 2.75) is 95.4 Å². The lowest BCUT2D eigenvalue weighted by Gasteiger charge is -2.27. The Balaban J connectivity index is 1.76. The molecule has 0 aromatic heterocycles. The first-order valence-electron chi connectivity index (χ1n) is 13.7. The lowest BCUT2D eigenvalue weighted by molar-refractivity contribution is -0.284. The van der Waals surface area contributed by atoms with Crippen molar-refractivity contribution in [2.24, 2.45) is 5.73 Å². The number of imide groups is 1. The van der Waals surface area contributed by atoms with Crippen LogP contribution in [0.2, 0.25) is 0 Å². The lowest BCUT2D eigenvalue weighted by atomic mass is 10.0. The first-order valence-corrected chi connectivity index (χ1v) is 15.2. The van der Waals surface area contributed by atoms with Crippen molar-refractivity contribution in [3.8, 4) is 0 Å². The van der Waals surface area contributed by atoms with E-state index in [1.54, 1.807) is 0 Å². The number of carbonyl (C=O) groups is 3. The van der Waals surface area contributed by atoms with Crippen LogP contribution in [0.15, 0.2) is 18.2 Å². The fourth-order valence-corrected chi connectivity index (χ4v) is 5.87. The molecule has 0 spiro atoms. The van der Waals surface area contributed by atoms with Gasteiger partial charge in [-0.25, -0.2) is 9.69 Å². The number of amides is 4. The summed E-state index contributed by atoms with van der Waals surface area (Å²) in [6, 6.07) is 1.66. The normalized spacial score (nSPS) is 16.7. The molecule has 1 fully saturated rings. The summed E-state index contributed by atoms with van der Waals surface area (Å²) in [5.41, 5.74) is 1.25. The summed E-state index contributed by atoms with van der Waals surface area (Å²) in [6.07, 6.45) is -7.70. The number of unbranched alkanes of at least 4 members (excludes halogenated alkanes) is 6. The summed E-state index contributed by atoms with van der Waals surface area (Å²) in [4.78, 5) is 39.5. The molecule has 7 nitrogen and oxygen atoms in total. The highest BCUT2D eigenvalue weighted by atomic mass is 32.2. The van der Waals surface area contributed by atoms with Gasteiger partial charge >= 0.3 is 24.3 Å². The van der Waals surface area contributed by atoms with Crippen molar-refractivity contribution in [3.05, 3.63) is 29.3 Å². The Morgan fingerprint density at radius 1 is 0.884 bits per heavy atom.